The van der Waals surface area contributed by atoms with E-state index in [4.69, 9.17) is 0 Å². The Hall–Kier alpha value is -2.58. The van der Waals surface area contributed by atoms with Crippen LogP contribution in [-0.4, -0.2) is 74.2 Å². The first kappa shape index (κ1) is 21.3. The number of carbonyl (C=O) groups excluding carboxylic acids is 1. The first-order chi connectivity index (χ1) is 15.7. The van der Waals surface area contributed by atoms with Gasteiger partial charge in [0.15, 0.2) is 5.82 Å². The Morgan fingerprint density at radius 1 is 1.09 bits per heavy atom. The van der Waals surface area contributed by atoms with Crippen LogP contribution in [0.1, 0.15) is 50.0 Å². The minimum absolute atomic E-state index is 0.0157. The highest BCUT2D eigenvalue weighted by molar-refractivity contribution is 5.88. The van der Waals surface area contributed by atoms with Gasteiger partial charge in [-0.3, -0.25) is 14.6 Å². The van der Waals surface area contributed by atoms with Gasteiger partial charge in [-0.2, -0.15) is 0 Å². The Labute approximate surface area is 189 Å². The SMILES string of the molecule is CC1NC(=O)C=CC1C(c1nnnn1Cc1ccccc1)N1CCCN(C2CCC2)CC1. The standard InChI is InChI=1S/C24H33N7O/c1-18-21(11-12-22(32)25-18)23(30-14-6-13-29(15-16-30)20-9-5-10-20)24-26-27-28-31(24)17-19-7-3-2-4-8-19/h2-4,7-8,11-12,18,20-21,23H,5-6,9-10,13-17H2,1H3,(H,25,32). The lowest BCUT2D eigenvalue weighted by molar-refractivity contribution is -0.118. The van der Waals surface area contributed by atoms with Crippen LogP contribution in [0, 0.1) is 5.92 Å². The topological polar surface area (TPSA) is 79.2 Å². The summed E-state index contributed by atoms with van der Waals surface area (Å²) >= 11 is 0. The van der Waals surface area contributed by atoms with Crippen LogP contribution < -0.4 is 5.32 Å². The molecule has 1 N–H and O–H groups in total. The van der Waals surface area contributed by atoms with E-state index in [9.17, 15) is 4.79 Å². The lowest BCUT2D eigenvalue weighted by Crippen LogP contribution is -2.48. The Bertz CT molecular complexity index is 939. The fourth-order valence-corrected chi connectivity index (χ4v) is 5.34. The summed E-state index contributed by atoms with van der Waals surface area (Å²) in [6, 6.07) is 11.1. The lowest BCUT2D eigenvalue weighted by Gasteiger charge is -2.39. The first-order valence-corrected chi connectivity index (χ1v) is 12.0. The number of aromatic nitrogens is 4. The summed E-state index contributed by atoms with van der Waals surface area (Å²) in [7, 11) is 0. The Morgan fingerprint density at radius 3 is 2.69 bits per heavy atom. The Kier molecular flexibility index (Phi) is 6.32. The highest BCUT2D eigenvalue weighted by atomic mass is 16.1. The monoisotopic (exact) mass is 435 g/mol. The number of hydrogen-bond acceptors (Lipinski definition) is 6. The van der Waals surface area contributed by atoms with Crippen molar-refractivity contribution in [2.24, 2.45) is 5.92 Å². The van der Waals surface area contributed by atoms with Gasteiger partial charge < -0.3 is 5.32 Å². The van der Waals surface area contributed by atoms with Gasteiger partial charge in [-0.1, -0.05) is 42.8 Å². The molecule has 2 aromatic rings. The Balaban J connectivity index is 1.44. The van der Waals surface area contributed by atoms with Crippen LogP contribution in [0.25, 0.3) is 0 Å². The number of hydrogen-bond donors (Lipinski definition) is 1. The maximum atomic E-state index is 12.0. The van der Waals surface area contributed by atoms with Crippen molar-refractivity contribution in [3.63, 3.8) is 0 Å². The van der Waals surface area contributed by atoms with E-state index in [1.807, 2.05) is 22.9 Å². The van der Waals surface area contributed by atoms with Crippen LogP contribution in [0.3, 0.4) is 0 Å². The van der Waals surface area contributed by atoms with Crippen molar-refractivity contribution in [3.8, 4) is 0 Å². The molecular weight excluding hydrogens is 402 g/mol. The molecular formula is C24H33N7O. The molecule has 1 saturated heterocycles. The summed E-state index contributed by atoms with van der Waals surface area (Å²) < 4.78 is 1.94. The molecule has 5 rings (SSSR count). The molecule has 8 heteroatoms. The van der Waals surface area contributed by atoms with Crippen LogP contribution in [-0.2, 0) is 11.3 Å². The Morgan fingerprint density at radius 2 is 1.94 bits per heavy atom. The summed E-state index contributed by atoms with van der Waals surface area (Å²) in [4.78, 5) is 17.2. The fraction of sp³-hybridized carbons (Fsp3) is 0.583. The van der Waals surface area contributed by atoms with Gasteiger partial charge in [0.25, 0.3) is 0 Å². The molecule has 32 heavy (non-hydrogen) atoms. The van der Waals surface area contributed by atoms with Crippen LogP contribution in [0.2, 0.25) is 0 Å². The predicted molar refractivity (Wildman–Crippen MR) is 122 cm³/mol. The van der Waals surface area contributed by atoms with Crippen molar-refractivity contribution in [1.82, 2.24) is 35.3 Å². The molecule has 3 unspecified atom stereocenters. The summed E-state index contributed by atoms with van der Waals surface area (Å²) in [5.41, 5.74) is 1.17. The molecule has 170 valence electrons. The minimum atomic E-state index is -0.0246. The summed E-state index contributed by atoms with van der Waals surface area (Å²) in [6.07, 6.45) is 8.92. The van der Waals surface area contributed by atoms with E-state index in [0.717, 1.165) is 44.5 Å². The smallest absolute Gasteiger partial charge is 0.243 e. The number of benzene rings is 1. The predicted octanol–water partition coefficient (Wildman–Crippen LogP) is 2.01. The summed E-state index contributed by atoms with van der Waals surface area (Å²) in [5, 5.41) is 16.1. The second-order valence-electron chi connectivity index (χ2n) is 9.37. The van der Waals surface area contributed by atoms with E-state index >= 15 is 0 Å². The molecule has 0 bridgehead atoms. The fourth-order valence-electron chi connectivity index (χ4n) is 5.34. The van der Waals surface area contributed by atoms with Gasteiger partial charge in [0, 0.05) is 37.6 Å². The molecule has 1 amide bonds. The molecule has 1 aliphatic carbocycles. The summed E-state index contributed by atoms with van der Waals surface area (Å²) in [5.74, 6) is 0.968. The van der Waals surface area contributed by atoms with Crippen molar-refractivity contribution < 1.29 is 4.79 Å². The van der Waals surface area contributed by atoms with Gasteiger partial charge in [0.1, 0.15) is 0 Å². The molecule has 3 aliphatic rings. The molecule has 2 fully saturated rings. The molecule has 1 saturated carbocycles. The van der Waals surface area contributed by atoms with Gasteiger partial charge in [-0.25, -0.2) is 4.68 Å². The van der Waals surface area contributed by atoms with Crippen LogP contribution in [0.15, 0.2) is 42.5 Å². The highest BCUT2D eigenvalue weighted by Gasteiger charge is 2.38. The largest absolute Gasteiger partial charge is 0.349 e. The third kappa shape index (κ3) is 4.47. The zero-order valence-corrected chi connectivity index (χ0v) is 18.8. The number of tetrazole rings is 1. The van der Waals surface area contributed by atoms with E-state index in [0.29, 0.717) is 6.54 Å². The zero-order chi connectivity index (χ0) is 21.9. The zero-order valence-electron chi connectivity index (χ0n) is 18.8. The normalized spacial score (nSPS) is 26.3. The molecule has 3 atom stereocenters. The molecule has 8 nitrogen and oxygen atoms in total. The van der Waals surface area contributed by atoms with Crippen molar-refractivity contribution in [1.29, 1.82) is 0 Å². The average Bonchev–Trinajstić information content (AvgIpc) is 3.06. The van der Waals surface area contributed by atoms with Gasteiger partial charge in [-0.05, 0) is 54.8 Å². The second-order valence-corrected chi connectivity index (χ2v) is 9.37. The molecule has 1 aromatic carbocycles. The minimum Gasteiger partial charge on any atom is -0.349 e. The molecule has 2 aliphatic heterocycles. The van der Waals surface area contributed by atoms with E-state index in [1.54, 1.807) is 6.08 Å². The van der Waals surface area contributed by atoms with E-state index in [1.165, 1.54) is 24.8 Å². The van der Waals surface area contributed by atoms with Crippen LogP contribution >= 0.6 is 0 Å². The molecule has 1 aromatic heterocycles. The first-order valence-electron chi connectivity index (χ1n) is 12.0. The number of nitrogens with zero attached hydrogens (tertiary/aromatic N) is 6. The van der Waals surface area contributed by atoms with Crippen molar-refractivity contribution in [2.45, 2.75) is 57.3 Å². The lowest BCUT2D eigenvalue weighted by atomic mass is 9.87. The third-order valence-corrected chi connectivity index (χ3v) is 7.33. The average molecular weight is 436 g/mol. The third-order valence-electron chi connectivity index (χ3n) is 7.33. The number of nitrogens with one attached hydrogen (secondary N) is 1. The van der Waals surface area contributed by atoms with E-state index < -0.39 is 0 Å². The van der Waals surface area contributed by atoms with Crippen molar-refractivity contribution in [2.75, 3.05) is 26.2 Å². The number of rotatable bonds is 6. The molecule has 0 radical (unpaired) electrons. The van der Waals surface area contributed by atoms with Crippen molar-refractivity contribution >= 4 is 5.91 Å². The van der Waals surface area contributed by atoms with Crippen molar-refractivity contribution in [3.05, 3.63) is 53.9 Å². The molecule has 0 spiro atoms. The van der Waals surface area contributed by atoms with Crippen LogP contribution in [0.5, 0.6) is 0 Å². The van der Waals surface area contributed by atoms with Gasteiger partial charge >= 0.3 is 0 Å². The quantitative estimate of drug-likeness (QED) is 0.748. The number of carbonyl (C=O) groups is 1. The van der Waals surface area contributed by atoms with Gasteiger partial charge in [-0.15, -0.1) is 5.10 Å². The maximum absolute atomic E-state index is 12.0. The van der Waals surface area contributed by atoms with E-state index in [-0.39, 0.29) is 23.9 Å². The van der Waals surface area contributed by atoms with Gasteiger partial charge in [0.05, 0.1) is 12.6 Å². The highest BCUT2D eigenvalue weighted by Crippen LogP contribution is 2.34. The maximum Gasteiger partial charge on any atom is 0.243 e. The van der Waals surface area contributed by atoms with Crippen LogP contribution in [0.4, 0.5) is 0 Å². The van der Waals surface area contributed by atoms with E-state index in [2.05, 4.69) is 55.8 Å². The second kappa shape index (κ2) is 9.50. The van der Waals surface area contributed by atoms with Gasteiger partial charge in [0.2, 0.25) is 5.91 Å². The number of amides is 1. The summed E-state index contributed by atoms with van der Waals surface area (Å²) in [6.45, 7) is 6.97. The molecule has 3 heterocycles.